The van der Waals surface area contributed by atoms with Gasteiger partial charge < -0.3 is 10.5 Å². The van der Waals surface area contributed by atoms with E-state index in [1.54, 1.807) is 0 Å². The molecule has 0 bridgehead atoms. The summed E-state index contributed by atoms with van der Waals surface area (Å²) in [4.78, 5) is 2.63. The van der Waals surface area contributed by atoms with Crippen molar-refractivity contribution in [1.82, 2.24) is 4.90 Å². The van der Waals surface area contributed by atoms with Crippen LogP contribution in [0, 0.1) is 5.92 Å². The van der Waals surface area contributed by atoms with E-state index in [1.807, 2.05) is 0 Å². The second kappa shape index (κ2) is 6.88. The molecule has 0 amide bonds. The minimum Gasteiger partial charge on any atom is -0.376 e. The third-order valence-corrected chi connectivity index (χ3v) is 4.77. The zero-order valence-electron chi connectivity index (χ0n) is 12.1. The highest BCUT2D eigenvalue weighted by Crippen LogP contribution is 2.29. The molecule has 0 spiro atoms. The van der Waals surface area contributed by atoms with Crippen LogP contribution in [0.4, 0.5) is 0 Å². The molecule has 2 aliphatic rings. The number of hydrogen-bond donors (Lipinski definition) is 1. The summed E-state index contributed by atoms with van der Waals surface area (Å²) in [6, 6.07) is 1.10. The number of morpholine rings is 1. The quantitative estimate of drug-likeness (QED) is 0.786. The Morgan fingerprint density at radius 3 is 2.44 bits per heavy atom. The van der Waals surface area contributed by atoms with Crippen LogP contribution in [0.15, 0.2) is 0 Å². The Balaban J connectivity index is 2.00. The molecule has 106 valence electrons. The highest BCUT2D eigenvalue weighted by Gasteiger charge is 2.33. The maximum absolute atomic E-state index is 6.11. The first-order chi connectivity index (χ1) is 8.72. The van der Waals surface area contributed by atoms with Gasteiger partial charge in [0.2, 0.25) is 0 Å². The van der Waals surface area contributed by atoms with Crippen molar-refractivity contribution in [3.8, 4) is 0 Å². The molecule has 1 heterocycles. The fourth-order valence-corrected chi connectivity index (χ4v) is 3.69. The Hall–Kier alpha value is -0.120. The first kappa shape index (κ1) is 14.3. The molecule has 3 unspecified atom stereocenters. The third-order valence-electron chi connectivity index (χ3n) is 4.77. The molecular formula is C15H30N2O. The minimum atomic E-state index is 0.362. The Labute approximate surface area is 112 Å². The average Bonchev–Trinajstić information content (AvgIpc) is 2.64. The summed E-state index contributed by atoms with van der Waals surface area (Å²) in [6.07, 6.45) is 8.75. The van der Waals surface area contributed by atoms with Crippen molar-refractivity contribution in [3.63, 3.8) is 0 Å². The van der Waals surface area contributed by atoms with Gasteiger partial charge in [-0.05, 0) is 32.6 Å². The fourth-order valence-electron chi connectivity index (χ4n) is 3.69. The number of ether oxygens (including phenoxy) is 1. The van der Waals surface area contributed by atoms with Gasteiger partial charge in [-0.1, -0.05) is 25.7 Å². The van der Waals surface area contributed by atoms with E-state index in [0.717, 1.165) is 25.6 Å². The molecule has 1 saturated heterocycles. The van der Waals surface area contributed by atoms with E-state index in [2.05, 4.69) is 18.7 Å². The van der Waals surface area contributed by atoms with Crippen LogP contribution in [0.5, 0.6) is 0 Å². The summed E-state index contributed by atoms with van der Waals surface area (Å²) in [5.74, 6) is 0.810. The van der Waals surface area contributed by atoms with Gasteiger partial charge in [0.25, 0.3) is 0 Å². The molecule has 0 aromatic heterocycles. The van der Waals surface area contributed by atoms with Crippen molar-refractivity contribution in [2.24, 2.45) is 11.7 Å². The molecule has 3 atom stereocenters. The Bertz CT molecular complexity index is 239. The highest BCUT2D eigenvalue weighted by molar-refractivity contribution is 4.87. The monoisotopic (exact) mass is 254 g/mol. The second-order valence-electron chi connectivity index (χ2n) is 6.24. The standard InChI is InChI=1S/C15H30N2O/c1-12-11-18-13(2)10-17(12)15(9-16)14-7-5-3-4-6-8-14/h12-15H,3-11,16H2,1-2H3. The maximum atomic E-state index is 6.11. The van der Waals surface area contributed by atoms with Gasteiger partial charge in [0, 0.05) is 25.2 Å². The zero-order valence-corrected chi connectivity index (χ0v) is 12.1. The summed E-state index contributed by atoms with van der Waals surface area (Å²) in [5.41, 5.74) is 6.11. The summed E-state index contributed by atoms with van der Waals surface area (Å²) in [6.45, 7) is 7.19. The van der Waals surface area contributed by atoms with Gasteiger partial charge >= 0.3 is 0 Å². The van der Waals surface area contributed by atoms with Crippen molar-refractivity contribution in [2.45, 2.75) is 70.6 Å². The second-order valence-corrected chi connectivity index (χ2v) is 6.24. The Morgan fingerprint density at radius 2 is 1.83 bits per heavy atom. The predicted molar refractivity (Wildman–Crippen MR) is 75.6 cm³/mol. The molecule has 1 aliphatic heterocycles. The topological polar surface area (TPSA) is 38.5 Å². The molecule has 1 aliphatic carbocycles. The van der Waals surface area contributed by atoms with Crippen molar-refractivity contribution >= 4 is 0 Å². The Morgan fingerprint density at radius 1 is 1.17 bits per heavy atom. The molecule has 18 heavy (non-hydrogen) atoms. The van der Waals surface area contributed by atoms with Gasteiger partial charge in [-0.15, -0.1) is 0 Å². The van der Waals surface area contributed by atoms with Crippen LogP contribution in [0.1, 0.15) is 52.4 Å². The van der Waals surface area contributed by atoms with E-state index in [-0.39, 0.29) is 0 Å². The first-order valence-corrected chi connectivity index (χ1v) is 7.79. The lowest BCUT2D eigenvalue weighted by Crippen LogP contribution is -2.56. The fraction of sp³-hybridized carbons (Fsp3) is 1.00. The number of nitrogens with zero attached hydrogens (tertiary/aromatic N) is 1. The predicted octanol–water partition coefficient (Wildman–Crippen LogP) is 2.39. The van der Waals surface area contributed by atoms with Crippen LogP contribution in [0.25, 0.3) is 0 Å². The number of rotatable bonds is 3. The number of nitrogens with two attached hydrogens (primary N) is 1. The van der Waals surface area contributed by atoms with Gasteiger partial charge in [0.15, 0.2) is 0 Å². The van der Waals surface area contributed by atoms with Gasteiger partial charge in [-0.2, -0.15) is 0 Å². The van der Waals surface area contributed by atoms with Crippen LogP contribution in [0.3, 0.4) is 0 Å². The van der Waals surface area contributed by atoms with Gasteiger partial charge in [0.05, 0.1) is 12.7 Å². The van der Waals surface area contributed by atoms with E-state index < -0.39 is 0 Å². The molecule has 2 fully saturated rings. The molecular weight excluding hydrogens is 224 g/mol. The van der Waals surface area contributed by atoms with Crippen molar-refractivity contribution < 1.29 is 4.74 Å². The summed E-state index contributed by atoms with van der Waals surface area (Å²) >= 11 is 0. The molecule has 0 radical (unpaired) electrons. The van der Waals surface area contributed by atoms with Gasteiger partial charge in [0.1, 0.15) is 0 Å². The van der Waals surface area contributed by atoms with Crippen LogP contribution in [-0.4, -0.2) is 42.8 Å². The van der Waals surface area contributed by atoms with Crippen molar-refractivity contribution in [1.29, 1.82) is 0 Å². The molecule has 2 N–H and O–H groups in total. The molecule has 3 nitrogen and oxygen atoms in total. The first-order valence-electron chi connectivity index (χ1n) is 7.79. The van der Waals surface area contributed by atoms with E-state index >= 15 is 0 Å². The minimum absolute atomic E-state index is 0.362. The van der Waals surface area contributed by atoms with Crippen LogP contribution in [-0.2, 0) is 4.74 Å². The highest BCUT2D eigenvalue weighted by atomic mass is 16.5. The lowest BCUT2D eigenvalue weighted by Gasteiger charge is -2.44. The van der Waals surface area contributed by atoms with Crippen molar-refractivity contribution in [2.75, 3.05) is 19.7 Å². The van der Waals surface area contributed by atoms with Crippen LogP contribution < -0.4 is 5.73 Å². The lowest BCUT2D eigenvalue weighted by molar-refractivity contribution is -0.0745. The van der Waals surface area contributed by atoms with Crippen LogP contribution in [0.2, 0.25) is 0 Å². The SMILES string of the molecule is CC1CN(C(CN)C2CCCCCC2)C(C)CO1. The number of hydrogen-bond acceptors (Lipinski definition) is 3. The smallest absolute Gasteiger partial charge is 0.0674 e. The third kappa shape index (κ3) is 3.46. The molecule has 0 aromatic carbocycles. The summed E-state index contributed by atoms with van der Waals surface area (Å²) < 4.78 is 5.74. The average molecular weight is 254 g/mol. The molecule has 0 aromatic rings. The summed E-state index contributed by atoms with van der Waals surface area (Å²) in [7, 11) is 0. The maximum Gasteiger partial charge on any atom is 0.0674 e. The summed E-state index contributed by atoms with van der Waals surface area (Å²) in [5, 5.41) is 0. The van der Waals surface area contributed by atoms with E-state index in [4.69, 9.17) is 10.5 Å². The van der Waals surface area contributed by atoms with Crippen LogP contribution >= 0.6 is 0 Å². The molecule has 1 saturated carbocycles. The Kier molecular flexibility index (Phi) is 5.46. The van der Waals surface area contributed by atoms with E-state index in [0.29, 0.717) is 18.2 Å². The zero-order chi connectivity index (χ0) is 13.0. The lowest BCUT2D eigenvalue weighted by atomic mass is 9.89. The van der Waals surface area contributed by atoms with Gasteiger partial charge in [-0.25, -0.2) is 0 Å². The van der Waals surface area contributed by atoms with E-state index in [9.17, 15) is 0 Å². The van der Waals surface area contributed by atoms with Crippen molar-refractivity contribution in [3.05, 3.63) is 0 Å². The van der Waals surface area contributed by atoms with E-state index in [1.165, 1.54) is 38.5 Å². The van der Waals surface area contributed by atoms with Gasteiger partial charge in [-0.3, -0.25) is 4.90 Å². The molecule has 2 rings (SSSR count). The normalized spacial score (nSPS) is 34.2. The molecule has 3 heteroatoms. The largest absolute Gasteiger partial charge is 0.376 e.